The van der Waals surface area contributed by atoms with E-state index in [2.05, 4.69) is 32.1 Å². The van der Waals surface area contributed by atoms with E-state index in [1.165, 1.54) is 56.9 Å². The molecule has 0 spiro atoms. The molecule has 19 heavy (non-hydrogen) atoms. The average Bonchev–Trinajstić information content (AvgIpc) is 2.66. The number of ether oxygens (including phenoxy) is 1. The molecule has 0 saturated carbocycles. The molecule has 0 fully saturated rings. The molecule has 1 unspecified atom stereocenters. The fourth-order valence-electron chi connectivity index (χ4n) is 3.19. The molecule has 2 aliphatic rings. The number of allylic oxidation sites excluding steroid dienone is 2. The fourth-order valence-corrected chi connectivity index (χ4v) is 3.19. The van der Waals surface area contributed by atoms with Gasteiger partial charge in [0.15, 0.2) is 0 Å². The van der Waals surface area contributed by atoms with Gasteiger partial charge in [0.25, 0.3) is 0 Å². The molecule has 0 N–H and O–H groups in total. The summed E-state index contributed by atoms with van der Waals surface area (Å²) in [5.74, 6) is 0. The molecule has 1 heteroatoms. The molecule has 1 nitrogen and oxygen atoms in total. The van der Waals surface area contributed by atoms with Crippen molar-refractivity contribution < 1.29 is 4.74 Å². The maximum atomic E-state index is 6.21. The van der Waals surface area contributed by atoms with E-state index in [4.69, 9.17) is 4.74 Å². The molecule has 0 bridgehead atoms. The lowest BCUT2D eigenvalue weighted by atomic mass is 9.86. The first-order valence-corrected chi connectivity index (χ1v) is 8.18. The van der Waals surface area contributed by atoms with Crippen molar-refractivity contribution in [3.63, 3.8) is 0 Å². The fraction of sp³-hybridized carbons (Fsp3) is 0.778. The Morgan fingerprint density at radius 1 is 1.00 bits per heavy atom. The molecule has 1 atom stereocenters. The molecule has 1 heterocycles. The quantitative estimate of drug-likeness (QED) is 0.566. The Bertz CT molecular complexity index is 325. The molecule has 108 valence electrons. The first-order valence-electron chi connectivity index (χ1n) is 8.18. The van der Waals surface area contributed by atoms with Gasteiger partial charge in [-0.15, -0.1) is 0 Å². The van der Waals surface area contributed by atoms with Crippen molar-refractivity contribution >= 4 is 0 Å². The van der Waals surface area contributed by atoms with Gasteiger partial charge in [-0.25, -0.2) is 0 Å². The van der Waals surface area contributed by atoms with E-state index in [0.29, 0.717) is 6.10 Å². The summed E-state index contributed by atoms with van der Waals surface area (Å²) in [4.78, 5) is 0. The van der Waals surface area contributed by atoms with E-state index < -0.39 is 0 Å². The van der Waals surface area contributed by atoms with E-state index in [0.717, 1.165) is 13.0 Å². The second-order valence-electron chi connectivity index (χ2n) is 6.81. The van der Waals surface area contributed by atoms with Crippen molar-refractivity contribution in [2.45, 2.75) is 77.7 Å². The molecular formula is C18H30O. The van der Waals surface area contributed by atoms with Crippen LogP contribution in [0.3, 0.4) is 0 Å². The normalized spacial score (nSPS) is 31.1. The van der Waals surface area contributed by atoms with Crippen LogP contribution in [-0.2, 0) is 4.74 Å². The van der Waals surface area contributed by atoms with Crippen molar-refractivity contribution in [1.82, 2.24) is 0 Å². The molecule has 0 aromatic heterocycles. The topological polar surface area (TPSA) is 9.23 Å². The van der Waals surface area contributed by atoms with Gasteiger partial charge in [0.1, 0.15) is 0 Å². The Morgan fingerprint density at radius 2 is 1.68 bits per heavy atom. The van der Waals surface area contributed by atoms with Gasteiger partial charge in [0.05, 0.1) is 6.10 Å². The molecular weight excluding hydrogens is 232 g/mol. The van der Waals surface area contributed by atoms with Gasteiger partial charge in [-0.3, -0.25) is 0 Å². The first-order chi connectivity index (χ1) is 9.20. The van der Waals surface area contributed by atoms with Crippen LogP contribution in [0.15, 0.2) is 23.8 Å². The van der Waals surface area contributed by atoms with E-state index >= 15 is 0 Å². The molecule has 0 aromatic carbocycles. The summed E-state index contributed by atoms with van der Waals surface area (Å²) >= 11 is 0. The van der Waals surface area contributed by atoms with Gasteiger partial charge in [-0.2, -0.15) is 0 Å². The highest BCUT2D eigenvalue weighted by Gasteiger charge is 2.36. The summed E-state index contributed by atoms with van der Waals surface area (Å²) in [7, 11) is 0. The minimum Gasteiger partial charge on any atom is -0.373 e. The van der Waals surface area contributed by atoms with Crippen molar-refractivity contribution in [3.8, 4) is 0 Å². The van der Waals surface area contributed by atoms with Crippen LogP contribution in [-0.4, -0.2) is 12.7 Å². The predicted octanol–water partition coefficient (Wildman–Crippen LogP) is 5.42. The molecule has 0 aromatic rings. The molecule has 2 rings (SSSR count). The second kappa shape index (κ2) is 7.28. The monoisotopic (exact) mass is 262 g/mol. The Morgan fingerprint density at radius 3 is 2.47 bits per heavy atom. The van der Waals surface area contributed by atoms with Gasteiger partial charge < -0.3 is 4.74 Å². The smallest absolute Gasteiger partial charge is 0.0875 e. The lowest BCUT2D eigenvalue weighted by Gasteiger charge is -2.29. The molecule has 0 radical (unpaired) electrons. The third-order valence-electron chi connectivity index (χ3n) is 4.49. The zero-order valence-electron chi connectivity index (χ0n) is 12.8. The van der Waals surface area contributed by atoms with Gasteiger partial charge in [0, 0.05) is 6.61 Å². The van der Waals surface area contributed by atoms with Crippen molar-refractivity contribution in [2.24, 2.45) is 5.41 Å². The minimum absolute atomic E-state index is 0.275. The summed E-state index contributed by atoms with van der Waals surface area (Å²) < 4.78 is 6.21. The Hall–Kier alpha value is -0.560. The zero-order valence-corrected chi connectivity index (χ0v) is 12.8. The van der Waals surface area contributed by atoms with E-state index in [1.807, 2.05) is 0 Å². The maximum Gasteiger partial charge on any atom is 0.0875 e. The van der Waals surface area contributed by atoms with Crippen molar-refractivity contribution in [1.29, 1.82) is 0 Å². The third-order valence-corrected chi connectivity index (χ3v) is 4.49. The Labute approximate surface area is 119 Å². The summed E-state index contributed by atoms with van der Waals surface area (Å²) in [5.41, 5.74) is 1.69. The van der Waals surface area contributed by atoms with E-state index in [9.17, 15) is 0 Å². The average molecular weight is 262 g/mol. The summed E-state index contributed by atoms with van der Waals surface area (Å²) in [5, 5.41) is 0. The molecule has 1 aliphatic carbocycles. The zero-order chi connectivity index (χ0) is 13.6. The predicted molar refractivity (Wildman–Crippen MR) is 82.3 cm³/mol. The van der Waals surface area contributed by atoms with Gasteiger partial charge in [-0.1, -0.05) is 64.2 Å². The van der Waals surface area contributed by atoms with Crippen LogP contribution in [0, 0.1) is 5.41 Å². The van der Waals surface area contributed by atoms with E-state index in [1.54, 1.807) is 0 Å². The lowest BCUT2D eigenvalue weighted by molar-refractivity contribution is 0.00980. The van der Waals surface area contributed by atoms with Gasteiger partial charge in [-0.05, 0) is 36.7 Å². The molecule has 0 saturated heterocycles. The Kier molecular flexibility index (Phi) is 5.69. The highest BCUT2D eigenvalue weighted by atomic mass is 16.5. The number of hydrogen-bond donors (Lipinski definition) is 0. The van der Waals surface area contributed by atoms with Crippen molar-refractivity contribution in [2.75, 3.05) is 6.61 Å². The highest BCUT2D eigenvalue weighted by Crippen LogP contribution is 2.39. The molecule has 1 aliphatic heterocycles. The highest BCUT2D eigenvalue weighted by molar-refractivity contribution is 5.30. The van der Waals surface area contributed by atoms with Crippen LogP contribution in [0.2, 0.25) is 0 Å². The number of hydrogen-bond acceptors (Lipinski definition) is 1. The van der Waals surface area contributed by atoms with Crippen LogP contribution in [0.5, 0.6) is 0 Å². The lowest BCUT2D eigenvalue weighted by Crippen LogP contribution is -2.29. The third kappa shape index (κ3) is 4.49. The van der Waals surface area contributed by atoms with E-state index in [-0.39, 0.29) is 5.41 Å². The van der Waals surface area contributed by atoms with Crippen LogP contribution < -0.4 is 0 Å². The summed E-state index contributed by atoms with van der Waals surface area (Å²) in [6.07, 6.45) is 19.3. The standard InChI is InChI=1S/C18H30O/c1-18(2)14-13-16-12-10-8-6-4-3-5-7-9-11-15-19-17(16)18/h10,12-13,17H,3-9,11,14-15H2,1-2H3/b12-10+. The van der Waals surface area contributed by atoms with Gasteiger partial charge in [0.2, 0.25) is 0 Å². The summed E-state index contributed by atoms with van der Waals surface area (Å²) in [6.45, 7) is 5.59. The van der Waals surface area contributed by atoms with Crippen LogP contribution in [0.25, 0.3) is 0 Å². The van der Waals surface area contributed by atoms with Crippen LogP contribution in [0.1, 0.15) is 71.6 Å². The van der Waals surface area contributed by atoms with Crippen molar-refractivity contribution in [3.05, 3.63) is 23.8 Å². The summed E-state index contributed by atoms with van der Waals surface area (Å²) in [6, 6.07) is 0. The van der Waals surface area contributed by atoms with Crippen LogP contribution in [0.4, 0.5) is 0 Å². The minimum atomic E-state index is 0.275. The second-order valence-corrected chi connectivity index (χ2v) is 6.81. The van der Waals surface area contributed by atoms with Gasteiger partial charge >= 0.3 is 0 Å². The first kappa shape index (κ1) is 14.8. The molecule has 0 amide bonds. The number of rotatable bonds is 0. The number of fused-ring (bicyclic) bond motifs is 1. The van der Waals surface area contributed by atoms with Crippen LogP contribution >= 0.6 is 0 Å². The Balaban J connectivity index is 1.96. The largest absolute Gasteiger partial charge is 0.373 e. The SMILES string of the molecule is CC1(C)CC=C2/C=C/CCCCCCCCCOC21. The maximum absolute atomic E-state index is 6.21.